The zero-order chi connectivity index (χ0) is 6.97. The maximum Gasteiger partial charge on any atom is 0.00402 e. The molecule has 0 aliphatic heterocycles. The summed E-state index contributed by atoms with van der Waals surface area (Å²) in [5.74, 6) is 1.52. The van der Waals surface area contributed by atoms with Crippen molar-refractivity contribution < 1.29 is 0 Å². The van der Waals surface area contributed by atoms with Crippen LogP contribution >= 0.6 is 0 Å². The number of aromatic nitrogens is 1. The van der Waals surface area contributed by atoms with Crippen molar-refractivity contribution in [1.82, 2.24) is 4.98 Å². The summed E-state index contributed by atoms with van der Waals surface area (Å²) in [6, 6.07) is 2.14. The summed E-state index contributed by atoms with van der Waals surface area (Å²) in [6.07, 6.45) is 5.33. The lowest BCUT2D eigenvalue weighted by molar-refractivity contribution is 0.810. The molecule has 1 fully saturated rings. The maximum absolute atomic E-state index is 5.52. The monoisotopic (exact) mass is 136 g/mol. The summed E-state index contributed by atoms with van der Waals surface area (Å²) in [5.41, 5.74) is 6.95. The van der Waals surface area contributed by atoms with E-state index in [4.69, 9.17) is 5.73 Å². The number of aromatic amines is 1. The molecule has 2 nitrogen and oxygen atoms in total. The minimum Gasteiger partial charge on any atom is -0.367 e. The fraction of sp³-hybridized carbons (Fsp3) is 0.500. The number of hydrogen-bond donors (Lipinski definition) is 2. The Hall–Kier alpha value is -0.760. The molecule has 0 spiro atoms. The molecule has 2 rings (SSSR count). The molecular formula is C8H12N2. The smallest absolute Gasteiger partial charge is 0.00402 e. The van der Waals surface area contributed by atoms with Gasteiger partial charge in [0.25, 0.3) is 0 Å². The molecular weight excluding hydrogens is 124 g/mol. The van der Waals surface area contributed by atoms with E-state index in [9.17, 15) is 0 Å². The van der Waals surface area contributed by atoms with Crippen LogP contribution in [0.3, 0.4) is 0 Å². The number of H-pyrrole nitrogens is 1. The normalized spacial score (nSPS) is 30.5. The number of rotatable bonds is 2. The van der Waals surface area contributed by atoms with Crippen molar-refractivity contribution in [3.05, 3.63) is 24.0 Å². The van der Waals surface area contributed by atoms with Crippen molar-refractivity contribution in [2.24, 2.45) is 11.7 Å². The van der Waals surface area contributed by atoms with Gasteiger partial charge in [-0.05, 0) is 36.4 Å². The van der Waals surface area contributed by atoms with Gasteiger partial charge in [-0.1, -0.05) is 0 Å². The first-order valence-corrected chi connectivity index (χ1v) is 3.74. The predicted molar refractivity (Wildman–Crippen MR) is 40.7 cm³/mol. The molecule has 0 saturated heterocycles. The molecule has 1 aromatic rings. The van der Waals surface area contributed by atoms with E-state index >= 15 is 0 Å². The Balaban J connectivity index is 2.05. The van der Waals surface area contributed by atoms with Crippen LogP contribution in [0.5, 0.6) is 0 Å². The van der Waals surface area contributed by atoms with Gasteiger partial charge in [-0.25, -0.2) is 0 Å². The molecule has 1 saturated carbocycles. The van der Waals surface area contributed by atoms with Gasteiger partial charge in [0.05, 0.1) is 0 Å². The molecule has 3 N–H and O–H groups in total. The van der Waals surface area contributed by atoms with Crippen LogP contribution in [0.4, 0.5) is 0 Å². The highest BCUT2D eigenvalue weighted by Gasteiger charge is 2.36. The average molecular weight is 136 g/mol. The van der Waals surface area contributed by atoms with Crippen molar-refractivity contribution in [2.75, 3.05) is 6.54 Å². The molecule has 2 heteroatoms. The second-order valence-corrected chi connectivity index (χ2v) is 2.98. The Morgan fingerprint density at radius 3 is 3.10 bits per heavy atom. The van der Waals surface area contributed by atoms with Gasteiger partial charge in [-0.3, -0.25) is 0 Å². The molecule has 0 bridgehead atoms. The summed E-state index contributed by atoms with van der Waals surface area (Å²) in [6.45, 7) is 0.843. The van der Waals surface area contributed by atoms with Gasteiger partial charge in [-0.2, -0.15) is 0 Å². The van der Waals surface area contributed by atoms with E-state index in [2.05, 4.69) is 17.2 Å². The number of nitrogens with two attached hydrogens (primary N) is 1. The highest BCUT2D eigenvalue weighted by molar-refractivity contribution is 5.22. The fourth-order valence-electron chi connectivity index (χ4n) is 1.48. The minimum absolute atomic E-state index is 0.760. The van der Waals surface area contributed by atoms with Crippen LogP contribution in [0.15, 0.2) is 18.5 Å². The molecule has 1 aromatic heterocycles. The lowest BCUT2D eigenvalue weighted by Gasteiger charge is -1.90. The topological polar surface area (TPSA) is 41.8 Å². The van der Waals surface area contributed by atoms with E-state index in [1.807, 2.05) is 6.20 Å². The van der Waals surface area contributed by atoms with E-state index in [-0.39, 0.29) is 0 Å². The van der Waals surface area contributed by atoms with Crippen molar-refractivity contribution in [2.45, 2.75) is 12.3 Å². The highest BCUT2D eigenvalue weighted by atomic mass is 14.7. The first kappa shape index (κ1) is 5.98. The molecule has 1 aliphatic carbocycles. The summed E-state index contributed by atoms with van der Waals surface area (Å²) < 4.78 is 0. The Labute approximate surface area is 60.4 Å². The Bertz CT molecular complexity index is 203. The van der Waals surface area contributed by atoms with Gasteiger partial charge in [0.15, 0.2) is 0 Å². The molecule has 0 radical (unpaired) electrons. The molecule has 0 aromatic carbocycles. The maximum atomic E-state index is 5.52. The molecule has 10 heavy (non-hydrogen) atoms. The Morgan fingerprint density at radius 2 is 2.60 bits per heavy atom. The second kappa shape index (κ2) is 2.13. The third-order valence-corrected chi connectivity index (χ3v) is 2.28. The van der Waals surface area contributed by atoms with Gasteiger partial charge >= 0.3 is 0 Å². The summed E-state index contributed by atoms with van der Waals surface area (Å²) >= 11 is 0. The van der Waals surface area contributed by atoms with Gasteiger partial charge in [0, 0.05) is 12.4 Å². The van der Waals surface area contributed by atoms with Crippen LogP contribution < -0.4 is 5.73 Å². The lowest BCUT2D eigenvalue weighted by Crippen LogP contribution is -2.01. The first-order chi connectivity index (χ1) is 4.92. The molecule has 54 valence electrons. The first-order valence-electron chi connectivity index (χ1n) is 3.74. The SMILES string of the molecule is NC[C@@H]1C[C@H]1c1cc[nH]c1. The van der Waals surface area contributed by atoms with Gasteiger partial charge < -0.3 is 10.7 Å². The number of nitrogens with one attached hydrogen (secondary N) is 1. The second-order valence-electron chi connectivity index (χ2n) is 2.98. The quantitative estimate of drug-likeness (QED) is 0.627. The van der Waals surface area contributed by atoms with E-state index < -0.39 is 0 Å². The van der Waals surface area contributed by atoms with Gasteiger partial charge in [0.2, 0.25) is 0 Å². The standard InChI is InChI=1S/C8H12N2/c9-4-7-3-8(7)6-1-2-10-5-6/h1-2,5,7-8,10H,3-4,9H2/t7-,8-/m0/s1. The minimum atomic E-state index is 0.760. The van der Waals surface area contributed by atoms with Crippen molar-refractivity contribution in [3.63, 3.8) is 0 Å². The fourth-order valence-corrected chi connectivity index (χ4v) is 1.48. The lowest BCUT2D eigenvalue weighted by atomic mass is 10.2. The summed E-state index contributed by atoms with van der Waals surface area (Å²) in [4.78, 5) is 3.05. The van der Waals surface area contributed by atoms with Crippen molar-refractivity contribution in [1.29, 1.82) is 0 Å². The van der Waals surface area contributed by atoms with E-state index in [1.54, 1.807) is 0 Å². The zero-order valence-corrected chi connectivity index (χ0v) is 5.88. The van der Waals surface area contributed by atoms with Crippen LogP contribution in [0.2, 0.25) is 0 Å². The van der Waals surface area contributed by atoms with Crippen molar-refractivity contribution in [3.8, 4) is 0 Å². The molecule has 1 aliphatic rings. The molecule has 0 unspecified atom stereocenters. The van der Waals surface area contributed by atoms with Gasteiger partial charge in [0.1, 0.15) is 0 Å². The van der Waals surface area contributed by atoms with E-state index in [1.165, 1.54) is 12.0 Å². The predicted octanol–water partition coefficient (Wildman–Crippen LogP) is 1.08. The van der Waals surface area contributed by atoms with E-state index in [0.717, 1.165) is 18.4 Å². The van der Waals surface area contributed by atoms with E-state index in [0.29, 0.717) is 0 Å². The molecule has 1 heterocycles. The molecule has 2 atom stereocenters. The van der Waals surface area contributed by atoms with Gasteiger partial charge in [-0.15, -0.1) is 0 Å². The highest BCUT2D eigenvalue weighted by Crippen LogP contribution is 2.46. The van der Waals surface area contributed by atoms with Crippen LogP contribution in [-0.2, 0) is 0 Å². The van der Waals surface area contributed by atoms with Crippen molar-refractivity contribution >= 4 is 0 Å². The van der Waals surface area contributed by atoms with Crippen LogP contribution in [0.1, 0.15) is 17.9 Å². The van der Waals surface area contributed by atoms with Crippen LogP contribution in [0.25, 0.3) is 0 Å². The number of hydrogen-bond acceptors (Lipinski definition) is 1. The Morgan fingerprint density at radius 1 is 1.70 bits per heavy atom. The van der Waals surface area contributed by atoms with Crippen LogP contribution in [-0.4, -0.2) is 11.5 Å². The summed E-state index contributed by atoms with van der Waals surface area (Å²) in [5, 5.41) is 0. The average Bonchev–Trinajstić information content (AvgIpc) is 2.56. The van der Waals surface area contributed by atoms with Crippen LogP contribution in [0, 0.1) is 5.92 Å². The zero-order valence-electron chi connectivity index (χ0n) is 5.88. The third kappa shape index (κ3) is 0.847. The Kier molecular flexibility index (Phi) is 1.27. The largest absolute Gasteiger partial charge is 0.367 e. The molecule has 0 amide bonds. The summed E-state index contributed by atoms with van der Waals surface area (Å²) in [7, 11) is 0. The third-order valence-electron chi connectivity index (χ3n) is 2.28.